The molecule has 0 aromatic heterocycles. The van der Waals surface area contributed by atoms with E-state index in [1.165, 1.54) is 4.90 Å². The van der Waals surface area contributed by atoms with E-state index in [0.29, 0.717) is 13.1 Å². The van der Waals surface area contributed by atoms with E-state index in [-0.39, 0.29) is 50.8 Å². The zero-order valence-corrected chi connectivity index (χ0v) is 15.3. The van der Waals surface area contributed by atoms with Crippen molar-refractivity contribution in [2.75, 3.05) is 32.7 Å². The standard InChI is InChI=1S/C19H22F3N3O3/c20-19(21,22)18(28)24-8-4-7-23(9-10-24)17(27)15-11-16(26)25(13-15)12-14-5-2-1-3-6-14/h1-3,5-6,15H,4,7-13H2. The summed E-state index contributed by atoms with van der Waals surface area (Å²) in [5.41, 5.74) is 0.972. The van der Waals surface area contributed by atoms with Gasteiger partial charge in [-0.1, -0.05) is 30.3 Å². The summed E-state index contributed by atoms with van der Waals surface area (Å²) in [6, 6.07) is 9.45. The molecular formula is C19H22F3N3O3. The average molecular weight is 397 g/mol. The van der Waals surface area contributed by atoms with Crippen molar-refractivity contribution in [3.05, 3.63) is 35.9 Å². The van der Waals surface area contributed by atoms with E-state index in [0.717, 1.165) is 10.5 Å². The Morgan fingerprint density at radius 2 is 1.64 bits per heavy atom. The Balaban J connectivity index is 1.57. The molecule has 152 valence electrons. The number of nitrogens with zero attached hydrogens (tertiary/aromatic N) is 3. The molecule has 2 fully saturated rings. The highest BCUT2D eigenvalue weighted by molar-refractivity contribution is 5.89. The van der Waals surface area contributed by atoms with E-state index in [9.17, 15) is 27.6 Å². The zero-order chi connectivity index (χ0) is 20.3. The minimum absolute atomic E-state index is 0.0359. The topological polar surface area (TPSA) is 60.9 Å². The summed E-state index contributed by atoms with van der Waals surface area (Å²) < 4.78 is 37.9. The number of hydrogen-bond donors (Lipinski definition) is 0. The van der Waals surface area contributed by atoms with Gasteiger partial charge in [-0.25, -0.2) is 0 Å². The second-order valence-electron chi connectivity index (χ2n) is 7.13. The maximum absolute atomic E-state index is 12.8. The third-order valence-electron chi connectivity index (χ3n) is 5.12. The molecule has 2 aliphatic heterocycles. The molecule has 1 unspecified atom stereocenters. The number of alkyl halides is 3. The molecule has 1 atom stereocenters. The molecular weight excluding hydrogens is 375 g/mol. The van der Waals surface area contributed by atoms with Crippen molar-refractivity contribution in [3.63, 3.8) is 0 Å². The number of halogens is 3. The summed E-state index contributed by atoms with van der Waals surface area (Å²) in [6.07, 6.45) is -4.52. The van der Waals surface area contributed by atoms with Gasteiger partial charge in [-0.2, -0.15) is 13.2 Å². The highest BCUT2D eigenvalue weighted by atomic mass is 19.4. The molecule has 0 saturated carbocycles. The van der Waals surface area contributed by atoms with Crippen LogP contribution in [0.25, 0.3) is 0 Å². The fourth-order valence-corrected chi connectivity index (χ4v) is 3.67. The Bertz CT molecular complexity index is 739. The smallest absolute Gasteiger partial charge is 0.341 e. The number of likely N-dealkylation sites (tertiary alicyclic amines) is 1. The molecule has 1 aromatic rings. The van der Waals surface area contributed by atoms with Crippen molar-refractivity contribution in [3.8, 4) is 0 Å². The van der Waals surface area contributed by atoms with Gasteiger partial charge in [-0.05, 0) is 12.0 Å². The minimum atomic E-state index is -4.91. The SMILES string of the molecule is O=C1CC(C(=O)N2CCCN(C(=O)C(F)(F)F)CC2)CN1Cc1ccccc1. The van der Waals surface area contributed by atoms with Crippen LogP contribution in [-0.4, -0.2) is 71.3 Å². The van der Waals surface area contributed by atoms with Gasteiger partial charge in [-0.15, -0.1) is 0 Å². The monoisotopic (exact) mass is 397 g/mol. The van der Waals surface area contributed by atoms with Crippen LogP contribution in [0, 0.1) is 5.92 Å². The molecule has 6 nitrogen and oxygen atoms in total. The lowest BCUT2D eigenvalue weighted by Gasteiger charge is -2.25. The van der Waals surface area contributed by atoms with Crippen molar-refractivity contribution < 1.29 is 27.6 Å². The molecule has 0 aliphatic carbocycles. The third-order valence-corrected chi connectivity index (χ3v) is 5.12. The maximum Gasteiger partial charge on any atom is 0.471 e. The Morgan fingerprint density at radius 1 is 1.00 bits per heavy atom. The van der Waals surface area contributed by atoms with E-state index < -0.39 is 18.0 Å². The van der Waals surface area contributed by atoms with Crippen LogP contribution < -0.4 is 0 Å². The van der Waals surface area contributed by atoms with Gasteiger partial charge in [0.15, 0.2) is 0 Å². The van der Waals surface area contributed by atoms with Gasteiger partial charge in [0.25, 0.3) is 0 Å². The molecule has 3 rings (SSSR count). The molecule has 2 heterocycles. The van der Waals surface area contributed by atoms with Gasteiger partial charge in [0.1, 0.15) is 0 Å². The molecule has 28 heavy (non-hydrogen) atoms. The zero-order valence-electron chi connectivity index (χ0n) is 15.3. The lowest BCUT2D eigenvalue weighted by molar-refractivity contribution is -0.185. The van der Waals surface area contributed by atoms with Crippen LogP contribution in [0.2, 0.25) is 0 Å². The van der Waals surface area contributed by atoms with Gasteiger partial charge >= 0.3 is 12.1 Å². The molecule has 0 spiro atoms. The second kappa shape index (κ2) is 8.20. The fourth-order valence-electron chi connectivity index (χ4n) is 3.67. The fraction of sp³-hybridized carbons (Fsp3) is 0.526. The maximum atomic E-state index is 12.8. The van der Waals surface area contributed by atoms with Crippen LogP contribution in [0.3, 0.4) is 0 Å². The number of hydrogen-bond acceptors (Lipinski definition) is 3. The highest BCUT2D eigenvalue weighted by Gasteiger charge is 2.43. The molecule has 3 amide bonds. The Hall–Kier alpha value is -2.58. The second-order valence-corrected chi connectivity index (χ2v) is 7.13. The summed E-state index contributed by atoms with van der Waals surface area (Å²) in [6.45, 7) is 0.865. The van der Waals surface area contributed by atoms with Gasteiger partial charge in [-0.3, -0.25) is 14.4 Å². The Labute approximate surface area is 160 Å². The molecule has 2 saturated heterocycles. The quantitative estimate of drug-likeness (QED) is 0.780. The molecule has 1 aromatic carbocycles. The van der Waals surface area contributed by atoms with E-state index in [1.807, 2.05) is 30.3 Å². The number of carbonyl (C=O) groups excluding carboxylic acids is 3. The van der Waals surface area contributed by atoms with E-state index in [4.69, 9.17) is 0 Å². The van der Waals surface area contributed by atoms with Crippen LogP contribution in [0.15, 0.2) is 30.3 Å². The third kappa shape index (κ3) is 4.63. The summed E-state index contributed by atoms with van der Waals surface area (Å²) in [5, 5.41) is 0. The van der Waals surface area contributed by atoms with Crippen molar-refractivity contribution in [2.45, 2.75) is 25.6 Å². The molecule has 0 N–H and O–H groups in total. The summed E-state index contributed by atoms with van der Waals surface area (Å²) in [4.78, 5) is 40.3. The summed E-state index contributed by atoms with van der Waals surface area (Å²) >= 11 is 0. The van der Waals surface area contributed by atoms with Crippen LogP contribution in [0.5, 0.6) is 0 Å². The largest absolute Gasteiger partial charge is 0.471 e. The highest BCUT2D eigenvalue weighted by Crippen LogP contribution is 2.24. The lowest BCUT2D eigenvalue weighted by atomic mass is 10.1. The normalized spacial score (nSPS) is 21.0. The van der Waals surface area contributed by atoms with Crippen molar-refractivity contribution in [1.29, 1.82) is 0 Å². The Morgan fingerprint density at radius 3 is 2.32 bits per heavy atom. The lowest BCUT2D eigenvalue weighted by Crippen LogP contribution is -2.44. The first-order chi connectivity index (χ1) is 13.3. The van der Waals surface area contributed by atoms with Crippen LogP contribution >= 0.6 is 0 Å². The number of rotatable bonds is 3. The Kier molecular flexibility index (Phi) is 5.90. The summed E-state index contributed by atoms with van der Waals surface area (Å²) in [5.74, 6) is -2.70. The van der Waals surface area contributed by atoms with E-state index >= 15 is 0 Å². The van der Waals surface area contributed by atoms with Crippen molar-refractivity contribution in [1.82, 2.24) is 14.7 Å². The number of carbonyl (C=O) groups is 3. The predicted molar refractivity (Wildman–Crippen MR) is 93.8 cm³/mol. The predicted octanol–water partition coefficient (Wildman–Crippen LogP) is 1.66. The van der Waals surface area contributed by atoms with Gasteiger partial charge in [0, 0.05) is 45.7 Å². The van der Waals surface area contributed by atoms with E-state index in [2.05, 4.69) is 0 Å². The molecule has 0 radical (unpaired) electrons. The number of amides is 3. The molecule has 2 aliphatic rings. The average Bonchev–Trinajstić information content (AvgIpc) is 2.87. The van der Waals surface area contributed by atoms with Gasteiger partial charge in [0.05, 0.1) is 5.92 Å². The van der Waals surface area contributed by atoms with Crippen LogP contribution in [-0.2, 0) is 20.9 Å². The molecule has 9 heteroatoms. The first-order valence-electron chi connectivity index (χ1n) is 9.22. The number of benzene rings is 1. The summed E-state index contributed by atoms with van der Waals surface area (Å²) in [7, 11) is 0. The van der Waals surface area contributed by atoms with Crippen LogP contribution in [0.1, 0.15) is 18.4 Å². The minimum Gasteiger partial charge on any atom is -0.341 e. The van der Waals surface area contributed by atoms with Gasteiger partial charge in [0.2, 0.25) is 11.8 Å². The van der Waals surface area contributed by atoms with E-state index in [1.54, 1.807) is 4.90 Å². The molecule has 0 bridgehead atoms. The van der Waals surface area contributed by atoms with Crippen molar-refractivity contribution in [2.24, 2.45) is 5.92 Å². The van der Waals surface area contributed by atoms with Gasteiger partial charge < -0.3 is 14.7 Å². The van der Waals surface area contributed by atoms with Crippen molar-refractivity contribution >= 4 is 17.7 Å². The van der Waals surface area contributed by atoms with Crippen LogP contribution in [0.4, 0.5) is 13.2 Å². The first kappa shape index (κ1) is 20.2. The first-order valence-corrected chi connectivity index (χ1v) is 9.22.